The first kappa shape index (κ1) is 11.6. The van der Waals surface area contributed by atoms with Gasteiger partial charge in [-0.15, -0.1) is 0 Å². The molecule has 0 saturated heterocycles. The number of nitrogens with zero attached hydrogens (tertiary/aromatic N) is 2. The van der Waals surface area contributed by atoms with Crippen LogP contribution in [0, 0.1) is 0 Å². The van der Waals surface area contributed by atoms with Gasteiger partial charge in [0.25, 0.3) is 6.43 Å². The van der Waals surface area contributed by atoms with Gasteiger partial charge in [-0.3, -0.25) is 0 Å². The zero-order chi connectivity index (χ0) is 11.6. The minimum Gasteiger partial charge on any atom is -0.464 e. The predicted molar refractivity (Wildman–Crippen MR) is 47.8 cm³/mol. The number of hydrogen-bond donors (Lipinski definition) is 1. The standard InChI is InChI=1S/C7H6ClF2N3O2/c1-15-7(14)3-6(11)13-4(8)2(12-3)5(9)10/h5H,1H3,(H2,11,13). The number of hydrogen-bond acceptors (Lipinski definition) is 5. The van der Waals surface area contributed by atoms with E-state index in [0.29, 0.717) is 0 Å². The van der Waals surface area contributed by atoms with Gasteiger partial charge in [0.1, 0.15) is 5.69 Å². The van der Waals surface area contributed by atoms with Crippen molar-refractivity contribution < 1.29 is 18.3 Å². The highest BCUT2D eigenvalue weighted by molar-refractivity contribution is 6.30. The summed E-state index contributed by atoms with van der Waals surface area (Å²) in [5, 5.41) is -0.532. The smallest absolute Gasteiger partial charge is 0.360 e. The molecular formula is C7H6ClF2N3O2. The lowest BCUT2D eigenvalue weighted by Crippen LogP contribution is -2.12. The molecule has 0 fully saturated rings. The van der Waals surface area contributed by atoms with Crippen LogP contribution in [-0.2, 0) is 4.74 Å². The van der Waals surface area contributed by atoms with Crippen molar-refractivity contribution in [3.05, 3.63) is 16.5 Å². The fraction of sp³-hybridized carbons (Fsp3) is 0.286. The highest BCUT2D eigenvalue weighted by Gasteiger charge is 2.22. The molecule has 0 atom stereocenters. The van der Waals surface area contributed by atoms with Crippen LogP contribution in [0.1, 0.15) is 22.6 Å². The average Bonchev–Trinajstić information content (AvgIpc) is 2.16. The number of anilines is 1. The van der Waals surface area contributed by atoms with E-state index in [9.17, 15) is 13.6 Å². The predicted octanol–water partition coefficient (Wildman–Crippen LogP) is 1.44. The maximum absolute atomic E-state index is 12.3. The third-order valence-electron chi connectivity index (χ3n) is 1.49. The van der Waals surface area contributed by atoms with Gasteiger partial charge in [-0.25, -0.2) is 23.5 Å². The first-order chi connectivity index (χ1) is 6.97. The normalized spacial score (nSPS) is 10.5. The SMILES string of the molecule is COC(=O)c1nc(C(F)F)c(Cl)nc1N. The molecule has 0 spiro atoms. The maximum Gasteiger partial charge on any atom is 0.360 e. The number of methoxy groups -OCH3 is 1. The number of halogens is 3. The van der Waals surface area contributed by atoms with Crippen molar-refractivity contribution in [1.29, 1.82) is 0 Å². The van der Waals surface area contributed by atoms with Crippen LogP contribution < -0.4 is 5.73 Å². The summed E-state index contributed by atoms with van der Waals surface area (Å²) in [6.45, 7) is 0. The van der Waals surface area contributed by atoms with Crippen molar-refractivity contribution in [3.63, 3.8) is 0 Å². The number of ether oxygens (including phenoxy) is 1. The molecule has 15 heavy (non-hydrogen) atoms. The number of carbonyl (C=O) groups excluding carboxylic acids is 1. The van der Waals surface area contributed by atoms with E-state index in [4.69, 9.17) is 17.3 Å². The summed E-state index contributed by atoms with van der Waals surface area (Å²) in [7, 11) is 1.07. The van der Waals surface area contributed by atoms with Crippen molar-refractivity contribution in [3.8, 4) is 0 Å². The molecule has 0 aliphatic heterocycles. The molecule has 2 N–H and O–H groups in total. The largest absolute Gasteiger partial charge is 0.464 e. The average molecular weight is 238 g/mol. The first-order valence-corrected chi connectivity index (χ1v) is 4.04. The summed E-state index contributed by atoms with van der Waals surface area (Å²) in [5.74, 6) is -1.30. The van der Waals surface area contributed by atoms with E-state index in [1.807, 2.05) is 0 Å². The van der Waals surface area contributed by atoms with Gasteiger partial charge in [0.05, 0.1) is 7.11 Å². The number of aromatic nitrogens is 2. The second kappa shape index (κ2) is 4.35. The lowest BCUT2D eigenvalue weighted by molar-refractivity contribution is 0.0593. The quantitative estimate of drug-likeness (QED) is 0.788. The van der Waals surface area contributed by atoms with E-state index < -0.39 is 28.9 Å². The van der Waals surface area contributed by atoms with E-state index in [-0.39, 0.29) is 5.82 Å². The van der Waals surface area contributed by atoms with Crippen molar-refractivity contribution >= 4 is 23.4 Å². The Kier molecular flexibility index (Phi) is 3.35. The van der Waals surface area contributed by atoms with Crippen LogP contribution >= 0.6 is 11.6 Å². The summed E-state index contributed by atoms with van der Waals surface area (Å²) >= 11 is 5.36. The summed E-state index contributed by atoms with van der Waals surface area (Å²) in [4.78, 5) is 17.7. The molecule has 0 bridgehead atoms. The molecule has 5 nitrogen and oxygen atoms in total. The zero-order valence-electron chi connectivity index (χ0n) is 7.50. The van der Waals surface area contributed by atoms with E-state index in [2.05, 4.69) is 14.7 Å². The monoisotopic (exact) mass is 237 g/mol. The van der Waals surface area contributed by atoms with Crippen LogP contribution in [0.25, 0.3) is 0 Å². The van der Waals surface area contributed by atoms with Crippen LogP contribution in [-0.4, -0.2) is 23.0 Å². The molecule has 0 radical (unpaired) electrons. The Labute approximate surface area is 88.2 Å². The second-order valence-corrected chi connectivity index (χ2v) is 2.78. The van der Waals surface area contributed by atoms with Crippen LogP contribution in [0.5, 0.6) is 0 Å². The van der Waals surface area contributed by atoms with Gasteiger partial charge in [-0.05, 0) is 0 Å². The van der Waals surface area contributed by atoms with Crippen LogP contribution in [0.4, 0.5) is 14.6 Å². The fourth-order valence-corrected chi connectivity index (χ4v) is 1.04. The number of nitrogen functional groups attached to an aromatic ring is 1. The molecule has 1 aromatic rings. The highest BCUT2D eigenvalue weighted by Crippen LogP contribution is 2.25. The Balaban J connectivity index is 3.29. The molecule has 0 saturated carbocycles. The fourth-order valence-electron chi connectivity index (χ4n) is 0.826. The molecular weight excluding hydrogens is 232 g/mol. The van der Waals surface area contributed by atoms with E-state index in [1.54, 1.807) is 0 Å². The number of carbonyl (C=O) groups is 1. The van der Waals surface area contributed by atoms with Crippen LogP contribution in [0.3, 0.4) is 0 Å². The molecule has 8 heteroatoms. The van der Waals surface area contributed by atoms with Gasteiger partial charge in [0.2, 0.25) is 0 Å². The van der Waals surface area contributed by atoms with Crippen LogP contribution in [0.15, 0.2) is 0 Å². The molecule has 0 aromatic carbocycles. The number of esters is 1. The third-order valence-corrected chi connectivity index (χ3v) is 1.77. The zero-order valence-corrected chi connectivity index (χ0v) is 8.26. The van der Waals surface area contributed by atoms with Crippen LogP contribution in [0.2, 0.25) is 5.15 Å². The summed E-state index contributed by atoms with van der Waals surface area (Å²) in [6.07, 6.45) is -2.94. The molecule has 1 heterocycles. The number of alkyl halides is 2. The van der Waals surface area contributed by atoms with Gasteiger partial charge in [-0.2, -0.15) is 0 Å². The highest BCUT2D eigenvalue weighted by atomic mass is 35.5. The maximum atomic E-state index is 12.3. The molecule has 0 aliphatic rings. The Morgan fingerprint density at radius 2 is 2.13 bits per heavy atom. The summed E-state index contributed by atoms with van der Waals surface area (Å²) < 4.78 is 28.9. The molecule has 0 amide bonds. The first-order valence-electron chi connectivity index (χ1n) is 3.66. The summed E-state index contributed by atoms with van der Waals surface area (Å²) in [6, 6.07) is 0. The Hall–Kier alpha value is -1.50. The van der Waals surface area contributed by atoms with E-state index >= 15 is 0 Å². The summed E-state index contributed by atoms with van der Waals surface area (Å²) in [5.41, 5.74) is 3.99. The molecule has 1 aromatic heterocycles. The van der Waals surface area contributed by atoms with Crippen molar-refractivity contribution in [2.45, 2.75) is 6.43 Å². The van der Waals surface area contributed by atoms with Crippen molar-refractivity contribution in [2.75, 3.05) is 12.8 Å². The molecule has 82 valence electrons. The minimum absolute atomic E-state index is 0.351. The van der Waals surface area contributed by atoms with Gasteiger partial charge in [0, 0.05) is 0 Å². The van der Waals surface area contributed by atoms with Gasteiger partial charge >= 0.3 is 5.97 Å². The molecule has 0 unspecified atom stereocenters. The molecule has 1 rings (SSSR count). The van der Waals surface area contributed by atoms with Crippen molar-refractivity contribution in [2.24, 2.45) is 0 Å². The van der Waals surface area contributed by atoms with Gasteiger partial charge in [-0.1, -0.05) is 11.6 Å². The Bertz CT molecular complexity index is 400. The van der Waals surface area contributed by atoms with Gasteiger partial charge in [0.15, 0.2) is 16.7 Å². The lowest BCUT2D eigenvalue weighted by atomic mass is 10.3. The van der Waals surface area contributed by atoms with E-state index in [1.165, 1.54) is 0 Å². The minimum atomic E-state index is -2.94. The van der Waals surface area contributed by atoms with E-state index in [0.717, 1.165) is 7.11 Å². The number of rotatable bonds is 2. The van der Waals surface area contributed by atoms with Crippen molar-refractivity contribution in [1.82, 2.24) is 9.97 Å². The topological polar surface area (TPSA) is 78.1 Å². The Morgan fingerprint density at radius 3 is 2.60 bits per heavy atom. The third kappa shape index (κ3) is 2.30. The lowest BCUT2D eigenvalue weighted by Gasteiger charge is -2.06. The number of nitrogens with two attached hydrogens (primary N) is 1. The Morgan fingerprint density at radius 1 is 1.53 bits per heavy atom. The van der Waals surface area contributed by atoms with Gasteiger partial charge < -0.3 is 10.5 Å². The molecule has 0 aliphatic carbocycles. The second-order valence-electron chi connectivity index (χ2n) is 2.43.